The van der Waals surface area contributed by atoms with Crippen LogP contribution in [0.15, 0.2) is 83.6 Å². The molecule has 3 aromatic rings. The Kier molecular flexibility index (Phi) is 5.97. The summed E-state index contributed by atoms with van der Waals surface area (Å²) in [7, 11) is 0. The van der Waals surface area contributed by atoms with Crippen LogP contribution in [0.1, 0.15) is 24.0 Å². The van der Waals surface area contributed by atoms with Crippen molar-refractivity contribution in [2.45, 2.75) is 12.8 Å². The number of hydrogen-bond acceptors (Lipinski definition) is 4. The predicted octanol–water partition coefficient (Wildman–Crippen LogP) is 5.21. The average molecular weight is 427 g/mol. The van der Waals surface area contributed by atoms with Gasteiger partial charge in [0.25, 0.3) is 0 Å². The number of aromatic nitrogens is 1. The van der Waals surface area contributed by atoms with Crippen molar-refractivity contribution in [3.8, 4) is 0 Å². The molecule has 0 spiro atoms. The summed E-state index contributed by atoms with van der Waals surface area (Å²) in [5, 5.41) is 0. The highest BCUT2D eigenvalue weighted by molar-refractivity contribution is 6.15. The first kappa shape index (κ1) is 20.4. The van der Waals surface area contributed by atoms with E-state index in [-0.39, 0.29) is 5.82 Å². The molecule has 2 aliphatic rings. The highest BCUT2D eigenvalue weighted by atomic mass is 19.1. The molecule has 2 aliphatic heterocycles. The number of piperazine rings is 1. The summed E-state index contributed by atoms with van der Waals surface area (Å²) in [4.78, 5) is 13.8. The largest absolute Gasteiger partial charge is 0.368 e. The van der Waals surface area contributed by atoms with Gasteiger partial charge >= 0.3 is 0 Å². The molecule has 0 bridgehead atoms. The lowest BCUT2D eigenvalue weighted by Gasteiger charge is -2.37. The highest BCUT2D eigenvalue weighted by Crippen LogP contribution is 2.25. The quantitative estimate of drug-likeness (QED) is 0.574. The van der Waals surface area contributed by atoms with E-state index in [0.29, 0.717) is 0 Å². The molecule has 32 heavy (non-hydrogen) atoms. The van der Waals surface area contributed by atoms with Crippen molar-refractivity contribution in [2.75, 3.05) is 42.5 Å². The molecule has 5 rings (SSSR count). The van der Waals surface area contributed by atoms with Crippen LogP contribution < -0.4 is 9.80 Å². The molecule has 0 N–H and O–H groups in total. The Morgan fingerprint density at radius 2 is 1.62 bits per heavy atom. The second-order valence-electron chi connectivity index (χ2n) is 8.29. The van der Waals surface area contributed by atoms with Crippen LogP contribution in [0.2, 0.25) is 0 Å². The van der Waals surface area contributed by atoms with E-state index in [9.17, 15) is 4.39 Å². The fraction of sp³-hybridized carbons (Fsp3) is 0.259. The van der Waals surface area contributed by atoms with Crippen molar-refractivity contribution in [3.63, 3.8) is 0 Å². The second kappa shape index (κ2) is 9.35. The van der Waals surface area contributed by atoms with Crippen molar-refractivity contribution in [1.82, 2.24) is 4.98 Å². The van der Waals surface area contributed by atoms with Crippen LogP contribution in [-0.2, 0) is 0 Å². The van der Waals surface area contributed by atoms with Gasteiger partial charge < -0.3 is 9.80 Å². The van der Waals surface area contributed by atoms with E-state index in [1.807, 2.05) is 24.4 Å². The molecular formula is C27H27FN4. The highest BCUT2D eigenvalue weighted by Gasteiger charge is 2.18. The number of nitrogens with zero attached hydrogens (tertiary/aromatic N) is 4. The molecule has 162 valence electrons. The lowest BCUT2D eigenvalue weighted by Crippen LogP contribution is -2.46. The minimum atomic E-state index is -0.187. The molecule has 1 aromatic heterocycles. The Balaban J connectivity index is 1.31. The molecule has 0 aliphatic carbocycles. The minimum Gasteiger partial charge on any atom is -0.368 e. The third kappa shape index (κ3) is 4.57. The van der Waals surface area contributed by atoms with Crippen molar-refractivity contribution >= 4 is 23.2 Å². The fourth-order valence-electron chi connectivity index (χ4n) is 4.49. The molecule has 0 saturated carbocycles. The van der Waals surface area contributed by atoms with Gasteiger partial charge in [-0.25, -0.2) is 4.39 Å². The summed E-state index contributed by atoms with van der Waals surface area (Å²) >= 11 is 0. The summed E-state index contributed by atoms with van der Waals surface area (Å²) in [6.45, 7) is 4.61. The molecule has 5 heteroatoms. The van der Waals surface area contributed by atoms with Gasteiger partial charge in [-0.2, -0.15) is 0 Å². The Bertz CT molecular complexity index is 1110. The number of rotatable bonds is 4. The smallest absolute Gasteiger partial charge is 0.123 e. The first-order chi connectivity index (χ1) is 15.8. The maximum absolute atomic E-state index is 13.2. The van der Waals surface area contributed by atoms with E-state index in [2.05, 4.69) is 51.2 Å². The van der Waals surface area contributed by atoms with Gasteiger partial charge in [0.2, 0.25) is 0 Å². The molecule has 2 aromatic carbocycles. The maximum Gasteiger partial charge on any atom is 0.123 e. The van der Waals surface area contributed by atoms with Gasteiger partial charge in [-0.3, -0.25) is 9.98 Å². The number of allylic oxidation sites excluding steroid dienone is 1. The van der Waals surface area contributed by atoms with E-state index in [4.69, 9.17) is 4.99 Å². The zero-order chi connectivity index (χ0) is 21.8. The predicted molar refractivity (Wildman–Crippen MR) is 130 cm³/mol. The van der Waals surface area contributed by atoms with Gasteiger partial charge in [0, 0.05) is 62.1 Å². The molecule has 0 amide bonds. The molecule has 0 unspecified atom stereocenters. The first-order valence-corrected chi connectivity index (χ1v) is 11.3. The Morgan fingerprint density at radius 1 is 0.844 bits per heavy atom. The summed E-state index contributed by atoms with van der Waals surface area (Å²) in [5.74, 6) is -0.187. The lowest BCUT2D eigenvalue weighted by atomic mass is 9.95. The van der Waals surface area contributed by atoms with E-state index in [0.717, 1.165) is 62.5 Å². The minimum absolute atomic E-state index is 0.187. The van der Waals surface area contributed by atoms with E-state index in [1.54, 1.807) is 6.20 Å². The van der Waals surface area contributed by atoms with Crippen LogP contribution in [0.3, 0.4) is 0 Å². The van der Waals surface area contributed by atoms with Gasteiger partial charge in [0.1, 0.15) is 5.82 Å². The normalized spacial score (nSPS) is 18.0. The van der Waals surface area contributed by atoms with Crippen molar-refractivity contribution in [2.24, 2.45) is 4.99 Å². The molecule has 0 atom stereocenters. The van der Waals surface area contributed by atoms with Crippen molar-refractivity contribution < 1.29 is 4.39 Å². The fourth-order valence-corrected chi connectivity index (χ4v) is 4.49. The van der Waals surface area contributed by atoms with Crippen LogP contribution in [0.5, 0.6) is 0 Å². The number of benzene rings is 2. The zero-order valence-electron chi connectivity index (χ0n) is 18.1. The van der Waals surface area contributed by atoms with Crippen molar-refractivity contribution in [3.05, 3.63) is 95.6 Å². The van der Waals surface area contributed by atoms with Gasteiger partial charge in [-0.05, 0) is 78.6 Å². The van der Waals surface area contributed by atoms with Gasteiger partial charge in [0.05, 0.1) is 5.71 Å². The van der Waals surface area contributed by atoms with Crippen LogP contribution in [0, 0.1) is 5.82 Å². The third-order valence-electron chi connectivity index (χ3n) is 6.16. The van der Waals surface area contributed by atoms with Gasteiger partial charge in [-0.15, -0.1) is 0 Å². The number of anilines is 2. The number of halogens is 1. The summed E-state index contributed by atoms with van der Waals surface area (Å²) in [5.41, 5.74) is 6.98. The van der Waals surface area contributed by atoms with E-state index < -0.39 is 0 Å². The standard InChI is InChI=1S/C27H27FN4/c28-24-8-10-25(11-9-24)31-14-16-32(17-15-31)26-7-1-4-21(19-26)18-22-5-3-13-30-27(22)23-6-2-12-29-20-23/h1-2,4,6-12,18-20H,3,5,13-17H2. The van der Waals surface area contributed by atoms with E-state index >= 15 is 0 Å². The molecular weight excluding hydrogens is 399 g/mol. The summed E-state index contributed by atoms with van der Waals surface area (Å²) in [6, 6.07) is 19.6. The molecule has 1 fully saturated rings. The zero-order valence-corrected chi connectivity index (χ0v) is 18.1. The Morgan fingerprint density at radius 3 is 2.38 bits per heavy atom. The lowest BCUT2D eigenvalue weighted by molar-refractivity contribution is 0.625. The van der Waals surface area contributed by atoms with Gasteiger partial charge in [0.15, 0.2) is 0 Å². The Labute approximate surface area is 188 Å². The third-order valence-corrected chi connectivity index (χ3v) is 6.16. The maximum atomic E-state index is 13.2. The number of hydrogen-bond donors (Lipinski definition) is 0. The van der Waals surface area contributed by atoms with Crippen LogP contribution in [0.25, 0.3) is 6.08 Å². The average Bonchev–Trinajstić information content (AvgIpc) is 2.86. The molecule has 1 saturated heterocycles. The number of aliphatic imine (C=N–C) groups is 1. The molecule has 0 radical (unpaired) electrons. The number of pyridine rings is 1. The van der Waals surface area contributed by atoms with Crippen LogP contribution in [-0.4, -0.2) is 43.4 Å². The van der Waals surface area contributed by atoms with Crippen LogP contribution >= 0.6 is 0 Å². The monoisotopic (exact) mass is 426 g/mol. The summed E-state index contributed by atoms with van der Waals surface area (Å²) < 4.78 is 13.2. The van der Waals surface area contributed by atoms with Crippen molar-refractivity contribution in [1.29, 1.82) is 0 Å². The second-order valence-corrected chi connectivity index (χ2v) is 8.29. The van der Waals surface area contributed by atoms with Crippen LogP contribution in [0.4, 0.5) is 15.8 Å². The van der Waals surface area contributed by atoms with Gasteiger partial charge in [-0.1, -0.05) is 12.1 Å². The Hall–Kier alpha value is -3.47. The van der Waals surface area contributed by atoms with E-state index in [1.165, 1.54) is 29.0 Å². The topological polar surface area (TPSA) is 31.7 Å². The molecule has 4 nitrogen and oxygen atoms in total. The SMILES string of the molecule is Fc1ccc(N2CCN(c3cccc(C=C4CCCN=C4c4cccnc4)c3)CC2)cc1. The summed E-state index contributed by atoms with van der Waals surface area (Å²) in [6.07, 6.45) is 8.10. The first-order valence-electron chi connectivity index (χ1n) is 11.3. The molecule has 3 heterocycles.